The van der Waals surface area contributed by atoms with Crippen molar-refractivity contribution in [3.63, 3.8) is 0 Å². The van der Waals surface area contributed by atoms with Crippen molar-refractivity contribution in [2.45, 2.75) is 190 Å². The first kappa shape index (κ1) is 93.8. The van der Waals surface area contributed by atoms with Gasteiger partial charge < -0.3 is 76.1 Å². The Labute approximate surface area is 715 Å². The Morgan fingerprint density at radius 3 is 1.61 bits per heavy atom. The number of rotatable bonds is 24. The van der Waals surface area contributed by atoms with E-state index in [1.807, 2.05) is 165 Å². The number of likely N-dealkylation sites (N-methyl/N-ethyl adjacent to an activating group) is 2. The number of aromatic nitrogens is 1. The number of amides is 3. The van der Waals surface area contributed by atoms with Crippen molar-refractivity contribution in [3.8, 4) is 11.8 Å². The van der Waals surface area contributed by atoms with Crippen molar-refractivity contribution in [1.29, 1.82) is 0 Å². The first-order chi connectivity index (χ1) is 57.2. The molecule has 14 rings (SSSR count). The first-order valence-corrected chi connectivity index (χ1v) is 42.7. The Kier molecular flexibility index (Phi) is 36.8. The Bertz CT molecular complexity index is 4330. The van der Waals surface area contributed by atoms with Gasteiger partial charge in [0.25, 0.3) is 5.91 Å². The second-order valence-electron chi connectivity index (χ2n) is 32.6. The van der Waals surface area contributed by atoms with E-state index in [4.69, 9.17) is 14.2 Å². The minimum atomic E-state index is -1.58. The molecule has 7 heterocycles. The number of nitrogens with zero attached hydrogens (tertiary/aromatic N) is 8. The van der Waals surface area contributed by atoms with E-state index in [1.165, 1.54) is 25.7 Å². The average Bonchev–Trinajstić information content (AvgIpc) is 1.63. The number of benzene rings is 6. The highest BCUT2D eigenvalue weighted by molar-refractivity contribution is 6.17. The number of carbonyl (C=O) groups is 6. The molecule has 119 heavy (non-hydrogen) atoms. The van der Waals surface area contributed by atoms with Gasteiger partial charge in [-0.2, -0.15) is 0 Å². The molecule has 6 aromatic carbocycles. The van der Waals surface area contributed by atoms with Crippen LogP contribution in [0.3, 0.4) is 0 Å². The normalized spacial score (nSPS) is 21.8. The van der Waals surface area contributed by atoms with Crippen LogP contribution in [0.1, 0.15) is 174 Å². The quantitative estimate of drug-likeness (QED) is 0.0163. The summed E-state index contributed by atoms with van der Waals surface area (Å²) < 4.78 is 18.1. The second kappa shape index (κ2) is 46.7. The lowest BCUT2D eigenvalue weighted by atomic mass is 9.73. The number of nitrogens with one attached hydrogen (secondary N) is 1. The number of halogens is 1. The van der Waals surface area contributed by atoms with Crippen molar-refractivity contribution >= 4 is 52.8 Å². The molecule has 3 amide bonds. The van der Waals surface area contributed by atoms with Crippen LogP contribution in [0.4, 0.5) is 17.2 Å². The van der Waals surface area contributed by atoms with Crippen molar-refractivity contribution in [1.82, 2.24) is 29.5 Å². The zero-order valence-electron chi connectivity index (χ0n) is 70.8. The molecule has 22 nitrogen and oxygen atoms in total. The lowest BCUT2D eigenvalue weighted by molar-refractivity contribution is -0.968. The minimum Gasteiger partial charge on any atom is -1.00 e. The van der Waals surface area contributed by atoms with Gasteiger partial charge in [-0.25, -0.2) is 9.78 Å². The molecule has 7 aromatic rings. The minimum absolute atomic E-state index is 0. The summed E-state index contributed by atoms with van der Waals surface area (Å²) in [5.74, 6) is 3.16. The number of aliphatic hydroxyl groups excluding tert-OH is 3. The number of anilines is 3. The molecule has 5 N–H and O–H groups in total. The number of hydrogen-bond acceptors (Lipinski definition) is 18. The van der Waals surface area contributed by atoms with Gasteiger partial charge in [0.2, 0.25) is 11.8 Å². The van der Waals surface area contributed by atoms with Crippen LogP contribution in [0.15, 0.2) is 194 Å². The third kappa shape index (κ3) is 24.6. The Hall–Kier alpha value is -9.03. The number of pyridine rings is 1. The molecule has 0 radical (unpaired) electrons. The largest absolute Gasteiger partial charge is 1.00 e. The van der Waals surface area contributed by atoms with Gasteiger partial charge in [0, 0.05) is 89.2 Å². The molecular formula is C96H126BrN9O13. The van der Waals surface area contributed by atoms with Crippen LogP contribution in [-0.2, 0) is 50.3 Å². The molecule has 6 aliphatic heterocycles. The molecule has 9 unspecified atom stereocenters. The van der Waals surface area contributed by atoms with E-state index < -0.39 is 29.3 Å². The van der Waals surface area contributed by atoms with Crippen LogP contribution in [0.25, 0.3) is 0 Å². The van der Waals surface area contributed by atoms with Gasteiger partial charge in [0.05, 0.1) is 80.9 Å². The lowest BCUT2D eigenvalue weighted by Gasteiger charge is -2.49. The van der Waals surface area contributed by atoms with Gasteiger partial charge >= 0.3 is 17.9 Å². The third-order valence-corrected chi connectivity index (χ3v) is 25.3. The summed E-state index contributed by atoms with van der Waals surface area (Å²) in [6, 6.07) is 60.9. The maximum Gasteiger partial charge on any atom is 0.344 e. The Morgan fingerprint density at radius 2 is 1.09 bits per heavy atom. The molecule has 7 aliphatic rings. The van der Waals surface area contributed by atoms with Crippen LogP contribution in [-0.4, -0.2) is 239 Å². The number of piperazine rings is 1. The Balaban J connectivity index is 0.000000170. The summed E-state index contributed by atoms with van der Waals surface area (Å²) >= 11 is 0. The highest BCUT2D eigenvalue weighted by Gasteiger charge is 2.54. The molecule has 1 aliphatic carbocycles. The van der Waals surface area contributed by atoms with Crippen molar-refractivity contribution in [2.24, 2.45) is 5.92 Å². The number of hydrogen-bond donors (Lipinski definition) is 5. The monoisotopic (exact) mass is 1690 g/mol. The molecule has 1 saturated carbocycles. The predicted molar refractivity (Wildman–Crippen MR) is 460 cm³/mol. The smallest absolute Gasteiger partial charge is 0.344 e. The summed E-state index contributed by atoms with van der Waals surface area (Å²) in [6.45, 7) is 17.8. The SMILES string of the molecule is CC(C)[N+]1(C)C2CC[C@@H]1CC(OC(=O)C(CO)c1ccccc1)C2.CCN(CC)CC#CCOC(=O)C(O)(c1ccccc1)C1CCCCC1.CCN(Cc1ccccc1)C(=O)C(CO)c1ccccc1.CN1C2CC[C@@H]1CC(OC(=O)C(CO)c1ccccc1)C2.CN1CCN(CC(=O)N2c3ccccc3C(=O)Nc3cccnc32)CC1.[Br-]. The van der Waals surface area contributed by atoms with Crippen molar-refractivity contribution in [2.75, 3.05) is 117 Å². The van der Waals surface area contributed by atoms with Crippen LogP contribution < -0.4 is 27.2 Å². The van der Waals surface area contributed by atoms with E-state index in [2.05, 4.69) is 90.6 Å². The fraction of sp³-hybridized carbons (Fsp3) is 0.490. The zero-order chi connectivity index (χ0) is 84.1. The maximum atomic E-state index is 13.2. The van der Waals surface area contributed by atoms with E-state index in [-0.39, 0.29) is 91.2 Å². The summed E-state index contributed by atoms with van der Waals surface area (Å²) in [5, 5.41) is 43.0. The molecule has 0 spiro atoms. The van der Waals surface area contributed by atoms with Gasteiger partial charge in [-0.3, -0.25) is 38.7 Å². The first-order valence-electron chi connectivity index (χ1n) is 42.7. The van der Waals surface area contributed by atoms with Crippen LogP contribution in [0.5, 0.6) is 0 Å². The summed E-state index contributed by atoms with van der Waals surface area (Å²) in [6.07, 6.45) is 15.2. The topological polar surface area (TPSA) is 255 Å². The van der Waals surface area contributed by atoms with Crippen LogP contribution in [0.2, 0.25) is 0 Å². The number of para-hydroxylation sites is 1. The average molecular weight is 1690 g/mol. The molecular weight excluding hydrogens is 1570 g/mol. The standard InChI is InChI=1S/C22H31NO3.C20H30NO3.C19H21N5O2.C18H21NO2.C17H23NO3.BrH/c1-3-23(4-2)17-11-12-18-26-21(24)22(25,19-13-7-5-8-14-19)20-15-9-6-10-16-20;1-14(2)21(3)16-9-10-17(21)12-18(11-16)24-20(23)19(13-22)15-7-5-4-6-8-15;1-22-9-11-23(12-10-22)13-17(25)24-16-7-3-2-5-14(16)19(26)21-15-6-4-8-20-18(15)24;1-2-19(13-15-9-5-3-6-10-15)18(21)17(14-20)16-11-7-4-8-12-16;1-18-13-7-8-14(18)10-15(9-13)21-17(20)16(11-19)12-5-3-2-4-6-12;/h5,7-8,13-14,20,25H,3-4,6,9-10,15-18H2,1-2H3;4-8,14,16-19,22H,9-13H2,1-3H3;2-8H,9-13H2,1H3,(H,21,26);3-12,17,20H,2,13-14H2,1H3;2-6,13-16,19H,7-11H2,1H3;1H/q;+1;;;;/p-1/t;16-,17?,18?,19?,21?;;;13-,14?,15?,16?;/m.1..1./s1. The van der Waals surface area contributed by atoms with Gasteiger partial charge in [0.1, 0.15) is 24.0 Å². The van der Waals surface area contributed by atoms with E-state index in [1.54, 1.807) is 46.3 Å². The predicted octanol–water partition coefficient (Wildman–Crippen LogP) is 9.50. The number of carbonyl (C=O) groups excluding carboxylic acids is 6. The van der Waals surface area contributed by atoms with Gasteiger partial charge in [-0.05, 0) is 139 Å². The number of esters is 3. The third-order valence-electron chi connectivity index (χ3n) is 25.3. The van der Waals surface area contributed by atoms with Crippen LogP contribution >= 0.6 is 0 Å². The fourth-order valence-electron chi connectivity index (χ4n) is 17.9. The van der Waals surface area contributed by atoms with E-state index in [9.17, 15) is 49.2 Å². The second-order valence-corrected chi connectivity index (χ2v) is 32.6. The number of aliphatic hydroxyl groups is 4. The molecule has 6 fully saturated rings. The van der Waals surface area contributed by atoms with Gasteiger partial charge in [0.15, 0.2) is 18.0 Å². The maximum absolute atomic E-state index is 13.2. The van der Waals surface area contributed by atoms with Gasteiger partial charge in [-0.1, -0.05) is 209 Å². The summed E-state index contributed by atoms with van der Waals surface area (Å²) in [5.41, 5.74) is 4.22. The van der Waals surface area contributed by atoms with E-state index >= 15 is 0 Å². The number of ether oxygens (including phenoxy) is 3. The zero-order valence-corrected chi connectivity index (χ0v) is 72.4. The summed E-state index contributed by atoms with van der Waals surface area (Å²) in [7, 11) is 6.62. The number of piperidine rings is 2. The molecule has 5 saturated heterocycles. The highest BCUT2D eigenvalue weighted by atomic mass is 79.9. The van der Waals surface area contributed by atoms with E-state index in [0.29, 0.717) is 84.7 Å². The van der Waals surface area contributed by atoms with Crippen molar-refractivity contribution < 1.29 is 84.9 Å². The summed E-state index contributed by atoms with van der Waals surface area (Å²) in [4.78, 5) is 93.0. The fourth-order valence-corrected chi connectivity index (χ4v) is 17.9. The number of quaternary nitrogens is 1. The molecule has 640 valence electrons. The van der Waals surface area contributed by atoms with E-state index in [0.717, 1.165) is 124 Å². The molecule has 4 bridgehead atoms. The van der Waals surface area contributed by atoms with Gasteiger partial charge in [-0.15, -0.1) is 0 Å². The highest BCUT2D eigenvalue weighted by Crippen LogP contribution is 2.45. The van der Waals surface area contributed by atoms with Crippen LogP contribution in [0, 0.1) is 17.8 Å². The van der Waals surface area contributed by atoms with Crippen molar-refractivity contribution in [3.05, 3.63) is 228 Å². The molecule has 23 heteroatoms. The molecule has 1 aromatic heterocycles. The lowest BCUT2D eigenvalue weighted by Crippen LogP contribution is -3.00. The number of fused-ring (bicyclic) bond motifs is 6. The Morgan fingerprint density at radius 1 is 0.597 bits per heavy atom. The molecule has 11 atom stereocenters.